The lowest BCUT2D eigenvalue weighted by Gasteiger charge is -2.19. The van der Waals surface area contributed by atoms with Gasteiger partial charge in [-0.05, 0) is 49.4 Å². The quantitative estimate of drug-likeness (QED) is 0.341. The molecule has 0 aliphatic heterocycles. The molecule has 1 aromatic carbocycles. The van der Waals surface area contributed by atoms with Gasteiger partial charge < -0.3 is 4.74 Å². The predicted octanol–water partition coefficient (Wildman–Crippen LogP) is 2.89. The van der Waals surface area contributed by atoms with Crippen LogP contribution in [0, 0.1) is 13.8 Å². The Morgan fingerprint density at radius 3 is 2.71 bits per heavy atom. The van der Waals surface area contributed by atoms with Crippen LogP contribution in [-0.2, 0) is 16.1 Å². The van der Waals surface area contributed by atoms with Crippen LogP contribution in [0.2, 0.25) is 0 Å². The van der Waals surface area contributed by atoms with E-state index in [1.807, 2.05) is 22.6 Å². The molecule has 0 fully saturated rings. The van der Waals surface area contributed by atoms with Crippen LogP contribution in [0.4, 0.5) is 5.69 Å². The van der Waals surface area contributed by atoms with E-state index in [0.29, 0.717) is 14.6 Å². The van der Waals surface area contributed by atoms with Crippen LogP contribution in [0.15, 0.2) is 18.2 Å². The van der Waals surface area contributed by atoms with Gasteiger partial charge in [-0.15, -0.1) is 0 Å². The lowest BCUT2D eigenvalue weighted by molar-refractivity contribution is -0.384. The Morgan fingerprint density at radius 2 is 2.14 bits per heavy atom. The Hall–Kier alpha value is -1.71. The van der Waals surface area contributed by atoms with Crippen molar-refractivity contribution < 1.29 is 14.5 Å². The van der Waals surface area contributed by atoms with Crippen molar-refractivity contribution in [2.75, 3.05) is 0 Å². The van der Waals surface area contributed by atoms with E-state index >= 15 is 0 Å². The van der Waals surface area contributed by atoms with E-state index in [4.69, 9.17) is 4.74 Å². The number of nitrogens with zero attached hydrogens (tertiary/aromatic N) is 3. The SMILES string of the molecule is CC(C)(C)OC(=O)Cn1nc(I)c2cc([N+](=O)[O-])ccc21. The van der Waals surface area contributed by atoms with Gasteiger partial charge in [0, 0.05) is 17.5 Å². The second kappa shape index (κ2) is 5.58. The molecule has 1 aromatic heterocycles. The maximum absolute atomic E-state index is 11.9. The number of non-ortho nitro benzene ring substituents is 1. The van der Waals surface area contributed by atoms with Gasteiger partial charge in [0.15, 0.2) is 0 Å². The molecule has 112 valence electrons. The summed E-state index contributed by atoms with van der Waals surface area (Å²) in [5.41, 5.74) is 0.0968. The van der Waals surface area contributed by atoms with Crippen molar-refractivity contribution in [1.29, 1.82) is 0 Å². The number of esters is 1. The summed E-state index contributed by atoms with van der Waals surface area (Å²) < 4.78 is 7.35. The normalized spacial score (nSPS) is 11.6. The highest BCUT2D eigenvalue weighted by atomic mass is 127. The van der Waals surface area contributed by atoms with E-state index in [1.54, 1.807) is 26.8 Å². The van der Waals surface area contributed by atoms with Crippen molar-refractivity contribution >= 4 is 45.2 Å². The third kappa shape index (κ3) is 3.69. The van der Waals surface area contributed by atoms with Crippen LogP contribution < -0.4 is 0 Å². The van der Waals surface area contributed by atoms with E-state index in [-0.39, 0.29) is 12.2 Å². The first-order valence-electron chi connectivity index (χ1n) is 6.20. The zero-order chi connectivity index (χ0) is 15.8. The fourth-order valence-electron chi connectivity index (χ4n) is 1.86. The molecule has 0 unspecified atom stereocenters. The molecule has 0 aliphatic rings. The van der Waals surface area contributed by atoms with Crippen molar-refractivity contribution in [3.8, 4) is 0 Å². The van der Waals surface area contributed by atoms with E-state index in [0.717, 1.165) is 0 Å². The van der Waals surface area contributed by atoms with Gasteiger partial charge in [-0.25, -0.2) is 0 Å². The zero-order valence-corrected chi connectivity index (χ0v) is 13.9. The molecule has 2 aromatic rings. The summed E-state index contributed by atoms with van der Waals surface area (Å²) in [6, 6.07) is 4.44. The highest BCUT2D eigenvalue weighted by Gasteiger charge is 2.19. The number of hydrogen-bond donors (Lipinski definition) is 0. The Kier molecular flexibility index (Phi) is 4.17. The van der Waals surface area contributed by atoms with Crippen LogP contribution in [0.5, 0.6) is 0 Å². The highest BCUT2D eigenvalue weighted by Crippen LogP contribution is 2.25. The van der Waals surface area contributed by atoms with Crippen LogP contribution >= 0.6 is 22.6 Å². The molecule has 0 spiro atoms. The molecule has 0 N–H and O–H groups in total. The minimum absolute atomic E-state index is 0.00256. The third-order valence-corrected chi connectivity index (χ3v) is 3.40. The molecule has 0 amide bonds. The Balaban J connectivity index is 2.34. The van der Waals surface area contributed by atoms with Gasteiger partial charge in [0.2, 0.25) is 0 Å². The molecule has 0 bridgehead atoms. The zero-order valence-electron chi connectivity index (χ0n) is 11.8. The fourth-order valence-corrected chi connectivity index (χ4v) is 2.55. The number of benzene rings is 1. The third-order valence-electron chi connectivity index (χ3n) is 2.60. The molecular formula is C13H14IN3O4. The van der Waals surface area contributed by atoms with Crippen molar-refractivity contribution in [2.45, 2.75) is 32.9 Å². The lowest BCUT2D eigenvalue weighted by atomic mass is 10.2. The first-order valence-corrected chi connectivity index (χ1v) is 7.27. The summed E-state index contributed by atoms with van der Waals surface area (Å²) in [6.45, 7) is 5.34. The second-order valence-electron chi connectivity index (χ2n) is 5.49. The average Bonchev–Trinajstić information content (AvgIpc) is 2.63. The van der Waals surface area contributed by atoms with Gasteiger partial charge in [-0.3, -0.25) is 19.6 Å². The monoisotopic (exact) mass is 403 g/mol. The molecule has 0 aliphatic carbocycles. The van der Waals surface area contributed by atoms with Crippen molar-refractivity contribution in [1.82, 2.24) is 9.78 Å². The number of rotatable bonds is 3. The molecule has 0 radical (unpaired) electrons. The van der Waals surface area contributed by atoms with E-state index in [2.05, 4.69) is 5.10 Å². The van der Waals surface area contributed by atoms with Crippen molar-refractivity contribution in [3.63, 3.8) is 0 Å². The second-order valence-corrected chi connectivity index (χ2v) is 6.52. The van der Waals surface area contributed by atoms with Gasteiger partial charge in [0.25, 0.3) is 5.69 Å². The first-order chi connectivity index (χ1) is 9.67. The average molecular weight is 403 g/mol. The van der Waals surface area contributed by atoms with E-state index < -0.39 is 16.5 Å². The van der Waals surface area contributed by atoms with Crippen molar-refractivity contribution in [2.24, 2.45) is 0 Å². The number of hydrogen-bond acceptors (Lipinski definition) is 5. The van der Waals surface area contributed by atoms with E-state index in [9.17, 15) is 14.9 Å². The van der Waals surface area contributed by atoms with Crippen LogP contribution in [0.3, 0.4) is 0 Å². The van der Waals surface area contributed by atoms with Crippen LogP contribution in [-0.4, -0.2) is 26.3 Å². The molecule has 0 saturated heterocycles. The first kappa shape index (κ1) is 15.7. The molecule has 21 heavy (non-hydrogen) atoms. The van der Waals surface area contributed by atoms with E-state index in [1.165, 1.54) is 16.8 Å². The summed E-state index contributed by atoms with van der Waals surface area (Å²) in [4.78, 5) is 22.2. The number of fused-ring (bicyclic) bond motifs is 1. The number of halogens is 1. The highest BCUT2D eigenvalue weighted by molar-refractivity contribution is 14.1. The summed E-state index contributed by atoms with van der Waals surface area (Å²) in [6.07, 6.45) is 0. The smallest absolute Gasteiger partial charge is 0.328 e. The van der Waals surface area contributed by atoms with Gasteiger partial charge in [-0.1, -0.05) is 0 Å². The van der Waals surface area contributed by atoms with Crippen LogP contribution in [0.1, 0.15) is 20.8 Å². The Morgan fingerprint density at radius 1 is 1.48 bits per heavy atom. The van der Waals surface area contributed by atoms with Gasteiger partial charge >= 0.3 is 5.97 Å². The Labute approximate surface area is 134 Å². The number of carbonyl (C=O) groups is 1. The van der Waals surface area contributed by atoms with Crippen LogP contribution in [0.25, 0.3) is 10.9 Å². The summed E-state index contributed by atoms with van der Waals surface area (Å²) >= 11 is 1.99. The van der Waals surface area contributed by atoms with Crippen molar-refractivity contribution in [3.05, 3.63) is 32.0 Å². The largest absolute Gasteiger partial charge is 0.459 e. The van der Waals surface area contributed by atoms with Gasteiger partial charge in [-0.2, -0.15) is 5.10 Å². The fraction of sp³-hybridized carbons (Fsp3) is 0.385. The molecule has 8 heteroatoms. The number of carbonyl (C=O) groups excluding carboxylic acids is 1. The minimum atomic E-state index is -0.564. The number of nitro benzene ring substituents is 1. The number of ether oxygens (including phenoxy) is 1. The standard InChI is InChI=1S/C13H14IN3O4/c1-13(2,3)21-11(18)7-16-10-5-4-8(17(19)20)6-9(10)12(14)15-16/h4-6H,7H2,1-3H3. The summed E-state index contributed by atoms with van der Waals surface area (Å²) in [7, 11) is 0. The van der Waals surface area contributed by atoms with Gasteiger partial charge in [0.05, 0.1) is 10.4 Å². The number of nitro groups is 1. The molecule has 0 atom stereocenters. The topological polar surface area (TPSA) is 87.3 Å². The molecule has 7 nitrogen and oxygen atoms in total. The maximum Gasteiger partial charge on any atom is 0.328 e. The maximum atomic E-state index is 11.9. The lowest BCUT2D eigenvalue weighted by Crippen LogP contribution is -2.26. The molecular weight excluding hydrogens is 389 g/mol. The summed E-state index contributed by atoms with van der Waals surface area (Å²) in [5.74, 6) is -0.401. The molecule has 0 saturated carbocycles. The predicted molar refractivity (Wildman–Crippen MR) is 84.9 cm³/mol. The minimum Gasteiger partial charge on any atom is -0.459 e. The number of aromatic nitrogens is 2. The summed E-state index contributed by atoms with van der Waals surface area (Å²) in [5, 5.41) is 15.7. The molecule has 2 rings (SSSR count). The Bertz CT molecular complexity index is 718. The van der Waals surface area contributed by atoms with Gasteiger partial charge in [0.1, 0.15) is 15.8 Å². The molecule has 1 heterocycles.